The van der Waals surface area contributed by atoms with E-state index in [0.717, 1.165) is 24.0 Å². The number of ether oxygens (including phenoxy) is 3. The minimum absolute atomic E-state index is 0.212. The van der Waals surface area contributed by atoms with E-state index in [0.29, 0.717) is 38.5 Å². The molecular formula is C31H26I2N2O5S. The van der Waals surface area contributed by atoms with Gasteiger partial charge in [-0.25, -0.2) is 9.79 Å². The van der Waals surface area contributed by atoms with E-state index in [-0.39, 0.29) is 12.2 Å². The van der Waals surface area contributed by atoms with Gasteiger partial charge < -0.3 is 14.2 Å². The Labute approximate surface area is 268 Å². The van der Waals surface area contributed by atoms with Gasteiger partial charge in [-0.3, -0.25) is 9.36 Å². The minimum Gasteiger partial charge on any atom is -0.496 e. The summed E-state index contributed by atoms with van der Waals surface area (Å²) in [6.07, 6.45) is 1.85. The van der Waals surface area contributed by atoms with Crippen molar-refractivity contribution in [1.29, 1.82) is 0 Å². The molecule has 0 spiro atoms. The Hall–Kier alpha value is -2.97. The molecule has 41 heavy (non-hydrogen) atoms. The van der Waals surface area contributed by atoms with E-state index < -0.39 is 12.0 Å². The summed E-state index contributed by atoms with van der Waals surface area (Å²) in [5, 5.41) is 0. The van der Waals surface area contributed by atoms with Crippen LogP contribution in [0.15, 0.2) is 87.8 Å². The van der Waals surface area contributed by atoms with Gasteiger partial charge in [-0.2, -0.15) is 0 Å². The molecule has 210 valence electrons. The minimum atomic E-state index is -0.729. The van der Waals surface area contributed by atoms with E-state index in [1.807, 2.05) is 66.7 Å². The summed E-state index contributed by atoms with van der Waals surface area (Å²) in [6.45, 7) is 4.17. The van der Waals surface area contributed by atoms with Gasteiger partial charge >= 0.3 is 5.97 Å². The average molecular weight is 792 g/mol. The first-order valence-electron chi connectivity index (χ1n) is 12.8. The van der Waals surface area contributed by atoms with E-state index in [2.05, 4.69) is 56.2 Å². The summed E-state index contributed by atoms with van der Waals surface area (Å²) >= 11 is 5.85. The number of nitrogens with zero attached hydrogens (tertiary/aromatic N) is 2. The first-order chi connectivity index (χ1) is 19.8. The van der Waals surface area contributed by atoms with E-state index >= 15 is 0 Å². The quantitative estimate of drug-likeness (QED) is 0.172. The van der Waals surface area contributed by atoms with Crippen LogP contribution in [0.3, 0.4) is 0 Å². The number of esters is 1. The summed E-state index contributed by atoms with van der Waals surface area (Å²) < 4.78 is 21.3. The number of benzene rings is 3. The number of halogens is 2. The second-order valence-corrected chi connectivity index (χ2v) is 12.6. The molecule has 3 aromatic carbocycles. The van der Waals surface area contributed by atoms with Crippen molar-refractivity contribution in [3.8, 4) is 11.5 Å². The molecule has 5 rings (SSSR count). The highest BCUT2D eigenvalue weighted by atomic mass is 127. The highest BCUT2D eigenvalue weighted by Crippen LogP contribution is 2.35. The number of para-hydroxylation sites is 1. The first kappa shape index (κ1) is 29.5. The lowest BCUT2D eigenvalue weighted by atomic mass is 9.95. The van der Waals surface area contributed by atoms with Crippen molar-refractivity contribution in [1.82, 2.24) is 4.57 Å². The number of rotatable bonds is 8. The third-order valence-corrected chi connectivity index (χ3v) is 9.01. The van der Waals surface area contributed by atoms with Crippen LogP contribution >= 0.6 is 56.5 Å². The van der Waals surface area contributed by atoms with Crippen molar-refractivity contribution in [2.24, 2.45) is 4.99 Å². The maximum Gasteiger partial charge on any atom is 0.338 e. The lowest BCUT2D eigenvalue weighted by molar-refractivity contribution is -0.139. The molecule has 0 aliphatic carbocycles. The van der Waals surface area contributed by atoms with Gasteiger partial charge in [0.1, 0.15) is 24.1 Å². The monoisotopic (exact) mass is 792 g/mol. The van der Waals surface area contributed by atoms with Gasteiger partial charge in [-0.05, 0) is 100 Å². The highest BCUT2D eigenvalue weighted by Gasteiger charge is 2.34. The van der Waals surface area contributed by atoms with Crippen LogP contribution < -0.4 is 24.4 Å². The third kappa shape index (κ3) is 6.28. The zero-order chi connectivity index (χ0) is 29.1. The third-order valence-electron chi connectivity index (χ3n) is 6.52. The van der Waals surface area contributed by atoms with Crippen LogP contribution in [0.1, 0.15) is 36.6 Å². The molecule has 1 aliphatic rings. The van der Waals surface area contributed by atoms with Crippen LogP contribution in [0.25, 0.3) is 6.08 Å². The number of hydrogen-bond donors (Lipinski definition) is 0. The fraction of sp³-hybridized carbons (Fsp3) is 0.194. The number of methoxy groups -OCH3 is 1. The molecule has 0 saturated heterocycles. The Balaban J connectivity index is 1.50. The lowest BCUT2D eigenvalue weighted by Crippen LogP contribution is -2.40. The van der Waals surface area contributed by atoms with Crippen molar-refractivity contribution in [3.05, 3.63) is 122 Å². The van der Waals surface area contributed by atoms with Crippen LogP contribution in [0.4, 0.5) is 0 Å². The lowest BCUT2D eigenvalue weighted by Gasteiger charge is -2.25. The topological polar surface area (TPSA) is 79.1 Å². The summed E-state index contributed by atoms with van der Waals surface area (Å²) in [5.74, 6) is 0.913. The molecule has 10 heteroatoms. The number of carbonyl (C=O) groups is 1. The molecule has 0 amide bonds. The molecule has 4 aromatic rings. The molecule has 1 aliphatic heterocycles. The normalized spacial score (nSPS) is 14.9. The maximum atomic E-state index is 13.9. The van der Waals surface area contributed by atoms with Crippen molar-refractivity contribution in [2.45, 2.75) is 26.5 Å². The van der Waals surface area contributed by atoms with Crippen LogP contribution in [-0.4, -0.2) is 24.3 Å². The Kier molecular flexibility index (Phi) is 9.29. The molecule has 1 atom stereocenters. The Morgan fingerprint density at radius 3 is 2.54 bits per heavy atom. The van der Waals surface area contributed by atoms with Gasteiger partial charge in [0.05, 0.1) is 33.1 Å². The summed E-state index contributed by atoms with van der Waals surface area (Å²) in [7, 11) is 1.57. The molecule has 7 nitrogen and oxygen atoms in total. The number of allylic oxidation sites excluding steroid dienone is 1. The predicted molar refractivity (Wildman–Crippen MR) is 176 cm³/mol. The van der Waals surface area contributed by atoms with E-state index in [1.165, 1.54) is 11.3 Å². The maximum absolute atomic E-state index is 13.9. The van der Waals surface area contributed by atoms with E-state index in [1.54, 1.807) is 25.5 Å². The van der Waals surface area contributed by atoms with Crippen molar-refractivity contribution in [2.75, 3.05) is 13.7 Å². The standard InChI is InChI=1S/C31H26I2N2O5S/c1-4-39-30(37)27-18(2)34-31-35(28(27)22-7-5-6-8-24(22)38-3)29(36)26(41-31)15-19-9-11-20(12-10-19)17-40-25-14-13-21(32)16-23(25)33/h5-16,28H,4,17H2,1-3H3/b26-15-/t28-/m1/s1. The Morgan fingerprint density at radius 1 is 1.07 bits per heavy atom. The molecule has 0 bridgehead atoms. The van der Waals surface area contributed by atoms with Crippen LogP contribution in [0.5, 0.6) is 11.5 Å². The molecule has 0 radical (unpaired) electrons. The van der Waals surface area contributed by atoms with Gasteiger partial charge in [-0.1, -0.05) is 53.8 Å². The Morgan fingerprint density at radius 2 is 1.83 bits per heavy atom. The predicted octanol–water partition coefficient (Wildman–Crippen LogP) is 5.60. The average Bonchev–Trinajstić information content (AvgIpc) is 3.26. The van der Waals surface area contributed by atoms with Crippen molar-refractivity contribution >= 4 is 68.6 Å². The van der Waals surface area contributed by atoms with Crippen molar-refractivity contribution in [3.63, 3.8) is 0 Å². The fourth-order valence-corrected chi connectivity index (χ4v) is 7.40. The number of hydrogen-bond acceptors (Lipinski definition) is 7. The van der Waals surface area contributed by atoms with Gasteiger partial charge in [0.15, 0.2) is 4.80 Å². The molecule has 0 saturated carbocycles. The van der Waals surface area contributed by atoms with E-state index in [9.17, 15) is 9.59 Å². The van der Waals surface area contributed by atoms with Gasteiger partial charge in [0.2, 0.25) is 0 Å². The number of fused-ring (bicyclic) bond motifs is 1. The van der Waals surface area contributed by atoms with Crippen LogP contribution in [0, 0.1) is 7.14 Å². The molecule has 0 fully saturated rings. The molecule has 0 unspecified atom stereocenters. The second kappa shape index (κ2) is 12.9. The largest absolute Gasteiger partial charge is 0.496 e. The summed E-state index contributed by atoms with van der Waals surface area (Å²) in [5.41, 5.74) is 3.18. The number of aromatic nitrogens is 1. The van der Waals surface area contributed by atoms with Crippen LogP contribution in [-0.2, 0) is 16.1 Å². The second-order valence-electron chi connectivity index (χ2n) is 9.15. The SMILES string of the molecule is CCOC(=O)C1=C(C)N=c2s/c(=C\c3ccc(COc4ccc(I)cc4I)cc3)c(=O)n2[C@@H]1c1ccccc1OC. The molecule has 2 heterocycles. The summed E-state index contributed by atoms with van der Waals surface area (Å²) in [6, 6.07) is 20.6. The fourth-order valence-electron chi connectivity index (χ4n) is 4.59. The zero-order valence-corrected chi connectivity index (χ0v) is 27.7. The Bertz CT molecular complexity index is 1830. The molecular weight excluding hydrogens is 766 g/mol. The smallest absolute Gasteiger partial charge is 0.338 e. The van der Waals surface area contributed by atoms with Gasteiger partial charge in [0, 0.05) is 9.13 Å². The first-order valence-corrected chi connectivity index (χ1v) is 15.8. The number of carbonyl (C=O) groups excluding carboxylic acids is 1. The summed E-state index contributed by atoms with van der Waals surface area (Å²) in [4.78, 5) is 32.1. The van der Waals surface area contributed by atoms with Crippen molar-refractivity contribution < 1.29 is 19.0 Å². The molecule has 1 aromatic heterocycles. The van der Waals surface area contributed by atoms with Crippen LogP contribution in [0.2, 0.25) is 0 Å². The van der Waals surface area contributed by atoms with Gasteiger partial charge in [-0.15, -0.1) is 0 Å². The van der Waals surface area contributed by atoms with Gasteiger partial charge in [0.25, 0.3) is 5.56 Å². The van der Waals surface area contributed by atoms with E-state index in [4.69, 9.17) is 14.2 Å². The zero-order valence-electron chi connectivity index (χ0n) is 22.5. The molecule has 0 N–H and O–H groups in total. The number of thiazole rings is 1. The highest BCUT2D eigenvalue weighted by molar-refractivity contribution is 14.1.